The fourth-order valence-corrected chi connectivity index (χ4v) is 1.58. The number of benzene rings is 1. The molecule has 0 N–H and O–H groups in total. The molecule has 1 rings (SSSR count). The minimum atomic E-state index is -0.363. The smallest absolute Gasteiger partial charge is 0.338 e. The fraction of sp³-hybridized carbons (Fsp3) is 0.429. The van der Waals surface area contributed by atoms with E-state index in [2.05, 4.69) is 0 Å². The molecule has 1 aromatic carbocycles. The lowest BCUT2D eigenvalue weighted by atomic mass is 10.0. The third kappa shape index (κ3) is 4.02. The summed E-state index contributed by atoms with van der Waals surface area (Å²) in [6.07, 6.45) is 2.09. The van der Waals surface area contributed by atoms with E-state index < -0.39 is 0 Å². The van der Waals surface area contributed by atoms with Crippen molar-refractivity contribution in [3.05, 3.63) is 35.9 Å². The molecule has 17 heavy (non-hydrogen) atoms. The van der Waals surface area contributed by atoms with Crippen molar-refractivity contribution in [3.63, 3.8) is 0 Å². The van der Waals surface area contributed by atoms with Crippen molar-refractivity contribution in [3.8, 4) is 0 Å². The molecule has 0 radical (unpaired) electrons. The summed E-state index contributed by atoms with van der Waals surface area (Å²) in [6, 6.07) is 8.82. The van der Waals surface area contributed by atoms with Crippen LogP contribution in [0.2, 0.25) is 0 Å². The number of rotatable bonds is 6. The summed E-state index contributed by atoms with van der Waals surface area (Å²) < 4.78 is 5.36. The highest BCUT2D eigenvalue weighted by molar-refractivity contribution is 5.89. The SMILES string of the molecule is CCCC(OC(=O)c1ccccc1)[C@@H](C)C=O. The highest BCUT2D eigenvalue weighted by Gasteiger charge is 2.20. The van der Waals surface area contributed by atoms with E-state index in [1.54, 1.807) is 31.2 Å². The van der Waals surface area contributed by atoms with Crippen LogP contribution in [0, 0.1) is 5.92 Å². The van der Waals surface area contributed by atoms with Crippen LogP contribution in [0.15, 0.2) is 30.3 Å². The van der Waals surface area contributed by atoms with Crippen LogP contribution < -0.4 is 0 Å². The van der Waals surface area contributed by atoms with Crippen molar-refractivity contribution in [1.82, 2.24) is 0 Å². The van der Waals surface area contributed by atoms with Gasteiger partial charge in [0.2, 0.25) is 0 Å². The molecule has 3 nitrogen and oxygen atoms in total. The molecule has 0 aliphatic carbocycles. The number of ether oxygens (including phenoxy) is 1. The molecule has 0 aliphatic heterocycles. The average Bonchev–Trinajstić information content (AvgIpc) is 2.38. The third-order valence-corrected chi connectivity index (χ3v) is 2.64. The van der Waals surface area contributed by atoms with Crippen LogP contribution in [0.25, 0.3) is 0 Å². The van der Waals surface area contributed by atoms with Gasteiger partial charge in [0.1, 0.15) is 12.4 Å². The Kier molecular flexibility index (Phi) is 5.40. The first kappa shape index (κ1) is 13.4. The highest BCUT2D eigenvalue weighted by atomic mass is 16.5. The zero-order chi connectivity index (χ0) is 12.7. The molecule has 0 fully saturated rings. The maximum atomic E-state index is 11.8. The Hall–Kier alpha value is -1.64. The Morgan fingerprint density at radius 2 is 2.00 bits per heavy atom. The molecule has 0 saturated heterocycles. The number of hydrogen-bond donors (Lipinski definition) is 0. The van der Waals surface area contributed by atoms with E-state index in [4.69, 9.17) is 4.74 Å². The maximum Gasteiger partial charge on any atom is 0.338 e. The lowest BCUT2D eigenvalue weighted by molar-refractivity contribution is -0.113. The molecule has 2 atom stereocenters. The van der Waals surface area contributed by atoms with Crippen molar-refractivity contribution >= 4 is 12.3 Å². The predicted molar refractivity (Wildman–Crippen MR) is 65.8 cm³/mol. The largest absolute Gasteiger partial charge is 0.458 e. The number of carbonyl (C=O) groups is 2. The number of carbonyl (C=O) groups excluding carboxylic acids is 2. The molecule has 1 unspecified atom stereocenters. The molecule has 0 bridgehead atoms. The third-order valence-electron chi connectivity index (χ3n) is 2.64. The zero-order valence-corrected chi connectivity index (χ0v) is 10.3. The molecule has 92 valence electrons. The van der Waals surface area contributed by atoms with E-state index in [1.165, 1.54) is 0 Å². The zero-order valence-electron chi connectivity index (χ0n) is 10.3. The first-order valence-corrected chi connectivity index (χ1v) is 5.90. The fourth-order valence-electron chi connectivity index (χ4n) is 1.58. The molecule has 3 heteroatoms. The molecular formula is C14H18O3. The van der Waals surface area contributed by atoms with Crippen LogP contribution in [0.4, 0.5) is 0 Å². The van der Waals surface area contributed by atoms with Gasteiger partial charge in [0.05, 0.1) is 5.56 Å². The summed E-state index contributed by atoms with van der Waals surface area (Å²) in [5.74, 6) is -0.625. The first-order valence-electron chi connectivity index (χ1n) is 5.90. The van der Waals surface area contributed by atoms with Gasteiger partial charge in [-0.05, 0) is 18.6 Å². The summed E-state index contributed by atoms with van der Waals surface area (Å²) >= 11 is 0. The van der Waals surface area contributed by atoms with E-state index in [0.717, 1.165) is 12.7 Å². The van der Waals surface area contributed by atoms with Gasteiger partial charge in [0, 0.05) is 5.92 Å². The Bertz CT molecular complexity index is 359. The Morgan fingerprint density at radius 1 is 1.35 bits per heavy atom. The molecule has 0 saturated carbocycles. The second kappa shape index (κ2) is 6.84. The number of hydrogen-bond acceptors (Lipinski definition) is 3. The standard InChI is InChI=1S/C14H18O3/c1-3-7-13(11(2)10-15)17-14(16)12-8-5-4-6-9-12/h4-6,8-11,13H,3,7H2,1-2H3/t11-,13?/m0/s1. The van der Waals surface area contributed by atoms with Crippen molar-refractivity contribution in [2.24, 2.45) is 5.92 Å². The molecule has 0 spiro atoms. The summed E-state index contributed by atoms with van der Waals surface area (Å²) in [7, 11) is 0. The van der Waals surface area contributed by atoms with Crippen molar-refractivity contribution in [2.75, 3.05) is 0 Å². The Morgan fingerprint density at radius 3 is 2.53 bits per heavy atom. The van der Waals surface area contributed by atoms with Gasteiger partial charge in [0.25, 0.3) is 0 Å². The number of aldehydes is 1. The summed E-state index contributed by atoms with van der Waals surface area (Å²) in [5.41, 5.74) is 0.520. The minimum absolute atomic E-state index is 0.261. The average molecular weight is 234 g/mol. The molecule has 0 heterocycles. The van der Waals surface area contributed by atoms with E-state index in [-0.39, 0.29) is 18.0 Å². The lowest BCUT2D eigenvalue weighted by Gasteiger charge is -2.19. The molecule has 1 aromatic rings. The first-order chi connectivity index (χ1) is 8.19. The second-order valence-electron chi connectivity index (χ2n) is 4.09. The van der Waals surface area contributed by atoms with Crippen LogP contribution in [0.1, 0.15) is 37.0 Å². The van der Waals surface area contributed by atoms with Gasteiger partial charge in [-0.3, -0.25) is 0 Å². The van der Waals surface area contributed by atoms with E-state index in [0.29, 0.717) is 12.0 Å². The minimum Gasteiger partial charge on any atom is -0.458 e. The molecular weight excluding hydrogens is 216 g/mol. The van der Waals surface area contributed by atoms with Crippen molar-refractivity contribution < 1.29 is 14.3 Å². The monoisotopic (exact) mass is 234 g/mol. The Labute approximate surface area is 102 Å². The molecule has 0 aromatic heterocycles. The van der Waals surface area contributed by atoms with Crippen LogP contribution in [-0.2, 0) is 9.53 Å². The number of esters is 1. The predicted octanol–water partition coefficient (Wildman–Crippen LogP) is 2.85. The van der Waals surface area contributed by atoms with E-state index in [9.17, 15) is 9.59 Å². The van der Waals surface area contributed by atoms with Crippen LogP contribution in [-0.4, -0.2) is 18.4 Å². The second-order valence-corrected chi connectivity index (χ2v) is 4.09. The summed E-state index contributed by atoms with van der Waals surface area (Å²) in [4.78, 5) is 22.6. The molecule has 0 aliphatic rings. The normalized spacial score (nSPS) is 13.8. The van der Waals surface area contributed by atoms with E-state index >= 15 is 0 Å². The van der Waals surface area contributed by atoms with Crippen LogP contribution >= 0.6 is 0 Å². The van der Waals surface area contributed by atoms with Crippen LogP contribution in [0.3, 0.4) is 0 Å². The van der Waals surface area contributed by atoms with Crippen LogP contribution in [0.5, 0.6) is 0 Å². The van der Waals surface area contributed by atoms with Crippen molar-refractivity contribution in [2.45, 2.75) is 32.8 Å². The summed E-state index contributed by atoms with van der Waals surface area (Å²) in [6.45, 7) is 3.77. The van der Waals surface area contributed by atoms with Gasteiger partial charge in [-0.25, -0.2) is 4.79 Å². The van der Waals surface area contributed by atoms with Gasteiger partial charge in [-0.2, -0.15) is 0 Å². The Balaban J connectivity index is 2.67. The topological polar surface area (TPSA) is 43.4 Å². The summed E-state index contributed by atoms with van der Waals surface area (Å²) in [5, 5.41) is 0. The van der Waals surface area contributed by atoms with Gasteiger partial charge < -0.3 is 9.53 Å². The van der Waals surface area contributed by atoms with Crippen molar-refractivity contribution in [1.29, 1.82) is 0 Å². The quantitative estimate of drug-likeness (QED) is 0.561. The molecule has 0 amide bonds. The van der Waals surface area contributed by atoms with Gasteiger partial charge in [-0.1, -0.05) is 38.5 Å². The highest BCUT2D eigenvalue weighted by Crippen LogP contribution is 2.14. The van der Waals surface area contributed by atoms with Gasteiger partial charge >= 0.3 is 5.97 Å². The lowest BCUT2D eigenvalue weighted by Crippen LogP contribution is -2.26. The van der Waals surface area contributed by atoms with E-state index in [1.807, 2.05) is 13.0 Å². The van der Waals surface area contributed by atoms with Gasteiger partial charge in [0.15, 0.2) is 0 Å². The van der Waals surface area contributed by atoms with Gasteiger partial charge in [-0.15, -0.1) is 0 Å². The maximum absolute atomic E-state index is 11.8.